The normalized spacial score (nSPS) is 13.1. The summed E-state index contributed by atoms with van der Waals surface area (Å²) >= 11 is 0. The number of hydrogen-bond acceptors (Lipinski definition) is 3. The van der Waals surface area contributed by atoms with Crippen molar-refractivity contribution >= 4 is 0 Å². The zero-order valence-corrected chi connectivity index (χ0v) is 20.2. The molecule has 1 N–H and O–H groups in total. The van der Waals surface area contributed by atoms with Crippen LogP contribution in [0, 0.1) is 11.8 Å². The lowest BCUT2D eigenvalue weighted by atomic mass is 9.89. The van der Waals surface area contributed by atoms with Gasteiger partial charge < -0.3 is 9.57 Å². The molecule has 0 aromatic heterocycles. The van der Waals surface area contributed by atoms with Crippen molar-refractivity contribution in [1.82, 2.24) is 5.48 Å². The van der Waals surface area contributed by atoms with Gasteiger partial charge in [-0.2, -0.15) is 0 Å². The van der Waals surface area contributed by atoms with Crippen LogP contribution < -0.4 is 10.3 Å². The molecule has 30 heavy (non-hydrogen) atoms. The third-order valence-electron chi connectivity index (χ3n) is 5.38. The van der Waals surface area contributed by atoms with Crippen LogP contribution in [0.4, 0.5) is 0 Å². The third kappa shape index (κ3) is 6.58. The standard InChI is InChI=1S/C27H41NO2/c1-9-29-21(6)23-14-10-11-15-25(23)27(7,8)28-30-26-16-12-13-22(17-19(2)3)24(26)18-20(4)5/h10-16,19-21,28H,9,17-18H2,1-8H3. The van der Waals surface area contributed by atoms with Crippen LogP contribution in [0.25, 0.3) is 0 Å². The van der Waals surface area contributed by atoms with E-state index < -0.39 is 0 Å². The van der Waals surface area contributed by atoms with Crippen molar-refractivity contribution in [2.45, 2.75) is 79.9 Å². The van der Waals surface area contributed by atoms with Gasteiger partial charge in [0.05, 0.1) is 11.6 Å². The molecule has 0 bridgehead atoms. The van der Waals surface area contributed by atoms with Gasteiger partial charge in [0.15, 0.2) is 5.75 Å². The minimum atomic E-state index is -0.370. The lowest BCUT2D eigenvalue weighted by molar-refractivity contribution is 0.0698. The fourth-order valence-corrected chi connectivity index (χ4v) is 3.98. The van der Waals surface area contributed by atoms with Crippen molar-refractivity contribution in [3.8, 4) is 5.75 Å². The molecule has 2 rings (SSSR count). The zero-order valence-electron chi connectivity index (χ0n) is 20.2. The molecule has 2 aromatic carbocycles. The Labute approximate surface area is 184 Å². The molecule has 0 heterocycles. The summed E-state index contributed by atoms with van der Waals surface area (Å²) < 4.78 is 5.87. The third-order valence-corrected chi connectivity index (χ3v) is 5.38. The molecule has 0 fully saturated rings. The van der Waals surface area contributed by atoms with E-state index in [1.165, 1.54) is 22.3 Å². The Morgan fingerprint density at radius 2 is 1.53 bits per heavy atom. The van der Waals surface area contributed by atoms with E-state index in [9.17, 15) is 0 Å². The van der Waals surface area contributed by atoms with Gasteiger partial charge in [-0.15, -0.1) is 5.48 Å². The Morgan fingerprint density at radius 3 is 2.17 bits per heavy atom. The minimum Gasteiger partial charge on any atom is -0.408 e. The van der Waals surface area contributed by atoms with E-state index in [1.54, 1.807) is 0 Å². The van der Waals surface area contributed by atoms with Gasteiger partial charge in [-0.05, 0) is 75.1 Å². The molecular weight excluding hydrogens is 370 g/mol. The summed E-state index contributed by atoms with van der Waals surface area (Å²) in [7, 11) is 0. The average Bonchev–Trinajstić information content (AvgIpc) is 2.67. The van der Waals surface area contributed by atoms with Crippen molar-refractivity contribution in [3.05, 3.63) is 64.7 Å². The summed E-state index contributed by atoms with van der Waals surface area (Å²) in [5.41, 5.74) is 8.09. The first-order valence-electron chi connectivity index (χ1n) is 11.4. The Morgan fingerprint density at radius 1 is 0.867 bits per heavy atom. The second kappa shape index (κ2) is 11.0. The Balaban J connectivity index is 2.30. The molecule has 1 unspecified atom stereocenters. The molecular formula is C27H41NO2. The number of nitrogens with one attached hydrogen (secondary N) is 1. The van der Waals surface area contributed by atoms with E-state index in [2.05, 4.69) is 96.4 Å². The molecule has 0 aliphatic heterocycles. The van der Waals surface area contributed by atoms with E-state index in [0.717, 1.165) is 18.6 Å². The monoisotopic (exact) mass is 411 g/mol. The van der Waals surface area contributed by atoms with E-state index in [4.69, 9.17) is 9.57 Å². The molecule has 3 nitrogen and oxygen atoms in total. The summed E-state index contributed by atoms with van der Waals surface area (Å²) in [6.07, 6.45) is 2.12. The fraction of sp³-hybridized carbons (Fsp3) is 0.556. The van der Waals surface area contributed by atoms with Gasteiger partial charge >= 0.3 is 0 Å². The quantitative estimate of drug-likeness (QED) is 0.404. The van der Waals surface area contributed by atoms with Crippen molar-refractivity contribution < 1.29 is 9.57 Å². The smallest absolute Gasteiger partial charge is 0.150 e. The lowest BCUT2D eigenvalue weighted by Crippen LogP contribution is -2.40. The van der Waals surface area contributed by atoms with E-state index in [-0.39, 0.29) is 11.6 Å². The first kappa shape index (κ1) is 24.4. The van der Waals surface area contributed by atoms with Gasteiger partial charge in [-0.1, -0.05) is 64.1 Å². The highest BCUT2D eigenvalue weighted by Crippen LogP contribution is 2.32. The maximum atomic E-state index is 6.28. The summed E-state index contributed by atoms with van der Waals surface area (Å²) in [4.78, 5) is 6.28. The van der Waals surface area contributed by atoms with Crippen LogP contribution in [-0.4, -0.2) is 6.61 Å². The lowest BCUT2D eigenvalue weighted by Gasteiger charge is -2.31. The van der Waals surface area contributed by atoms with Crippen LogP contribution in [0.1, 0.15) is 83.7 Å². The van der Waals surface area contributed by atoms with Gasteiger partial charge in [0.2, 0.25) is 0 Å². The van der Waals surface area contributed by atoms with E-state index in [0.29, 0.717) is 18.4 Å². The van der Waals surface area contributed by atoms with Crippen LogP contribution in [0.5, 0.6) is 5.75 Å². The minimum absolute atomic E-state index is 0.0400. The van der Waals surface area contributed by atoms with Gasteiger partial charge in [-0.25, -0.2) is 0 Å². The molecule has 0 saturated carbocycles. The predicted octanol–water partition coefficient (Wildman–Crippen LogP) is 7.00. The molecule has 1 atom stereocenters. The Bertz CT molecular complexity index is 795. The summed E-state index contributed by atoms with van der Waals surface area (Å²) in [5, 5.41) is 0. The molecule has 0 saturated heterocycles. The van der Waals surface area contributed by atoms with Gasteiger partial charge in [0.1, 0.15) is 0 Å². The number of ether oxygens (including phenoxy) is 1. The molecule has 0 aliphatic rings. The molecule has 0 aliphatic carbocycles. The highest BCUT2D eigenvalue weighted by Gasteiger charge is 2.27. The van der Waals surface area contributed by atoms with Crippen molar-refractivity contribution in [2.75, 3.05) is 6.61 Å². The molecule has 0 amide bonds. The molecule has 0 radical (unpaired) electrons. The highest BCUT2D eigenvalue weighted by molar-refractivity contribution is 5.41. The second-order valence-electron chi connectivity index (χ2n) is 9.60. The number of hydroxylamine groups is 1. The largest absolute Gasteiger partial charge is 0.408 e. The summed E-state index contributed by atoms with van der Waals surface area (Å²) in [5.74, 6) is 2.12. The van der Waals surface area contributed by atoms with Gasteiger partial charge in [0, 0.05) is 12.2 Å². The summed E-state index contributed by atoms with van der Waals surface area (Å²) in [6.45, 7) is 18.2. The van der Waals surface area contributed by atoms with Gasteiger partial charge in [-0.3, -0.25) is 0 Å². The SMILES string of the molecule is CCOC(C)c1ccccc1C(C)(C)NOc1cccc(CC(C)C)c1CC(C)C. The number of hydrogen-bond donors (Lipinski definition) is 1. The van der Waals surface area contributed by atoms with E-state index in [1.807, 2.05) is 6.92 Å². The number of rotatable bonds is 11. The topological polar surface area (TPSA) is 30.5 Å². The van der Waals surface area contributed by atoms with Crippen LogP contribution in [0.3, 0.4) is 0 Å². The maximum Gasteiger partial charge on any atom is 0.150 e. The molecule has 166 valence electrons. The predicted molar refractivity (Wildman–Crippen MR) is 127 cm³/mol. The molecule has 0 spiro atoms. The van der Waals surface area contributed by atoms with Gasteiger partial charge in [0.25, 0.3) is 0 Å². The molecule has 2 aromatic rings. The Kier molecular flexibility index (Phi) is 8.93. The van der Waals surface area contributed by atoms with Crippen molar-refractivity contribution in [2.24, 2.45) is 11.8 Å². The summed E-state index contributed by atoms with van der Waals surface area (Å²) in [6, 6.07) is 14.9. The highest BCUT2D eigenvalue weighted by atomic mass is 16.6. The second-order valence-corrected chi connectivity index (χ2v) is 9.60. The van der Waals surface area contributed by atoms with Crippen LogP contribution in [0.15, 0.2) is 42.5 Å². The molecule has 3 heteroatoms. The first-order chi connectivity index (χ1) is 14.2. The maximum absolute atomic E-state index is 6.28. The van der Waals surface area contributed by atoms with E-state index >= 15 is 0 Å². The fourth-order valence-electron chi connectivity index (χ4n) is 3.98. The van der Waals surface area contributed by atoms with Crippen LogP contribution >= 0.6 is 0 Å². The van der Waals surface area contributed by atoms with Crippen LogP contribution in [0.2, 0.25) is 0 Å². The zero-order chi connectivity index (χ0) is 22.3. The number of benzene rings is 2. The van der Waals surface area contributed by atoms with Crippen LogP contribution in [-0.2, 0) is 23.1 Å². The Hall–Kier alpha value is -1.84. The van der Waals surface area contributed by atoms with Crippen molar-refractivity contribution in [3.63, 3.8) is 0 Å². The van der Waals surface area contributed by atoms with Crippen molar-refractivity contribution in [1.29, 1.82) is 0 Å². The average molecular weight is 412 g/mol. The first-order valence-corrected chi connectivity index (χ1v) is 11.4.